The number of nitrogens with one attached hydrogen (secondary N) is 1. The molecule has 192 valence electrons. The zero-order valence-electron chi connectivity index (χ0n) is 21.7. The SMILES string of the molecule is CCOc1ccccc1N(CC(=O)N[C@H](C)c1cc(C)c(C)cc1C)S(=O)(=O)c1ccc(SC)cc1. The van der Waals surface area contributed by atoms with Crippen LogP contribution in [0.15, 0.2) is 70.5 Å². The van der Waals surface area contributed by atoms with Gasteiger partial charge in [0.1, 0.15) is 12.3 Å². The molecule has 0 saturated heterocycles. The minimum absolute atomic E-state index is 0.109. The maximum absolute atomic E-state index is 13.8. The van der Waals surface area contributed by atoms with E-state index in [1.807, 2.05) is 34.0 Å². The average molecular weight is 527 g/mol. The first-order chi connectivity index (χ1) is 17.1. The van der Waals surface area contributed by atoms with Gasteiger partial charge in [0.25, 0.3) is 10.0 Å². The molecule has 0 heterocycles. The Kier molecular flexibility index (Phi) is 9.08. The Morgan fingerprint density at radius 2 is 1.64 bits per heavy atom. The van der Waals surface area contributed by atoms with Crippen molar-refractivity contribution in [3.8, 4) is 5.75 Å². The summed E-state index contributed by atoms with van der Waals surface area (Å²) in [6.07, 6.45) is 1.93. The number of hydrogen-bond acceptors (Lipinski definition) is 5. The number of benzene rings is 3. The Balaban J connectivity index is 1.97. The standard InChI is InChI=1S/C28H34N2O4S2/c1-7-34-27-11-9-8-10-26(27)30(36(32,33)24-14-12-23(35-6)13-15-24)18-28(31)29-22(5)25-17-20(3)19(2)16-21(25)4/h8-17,22H,7,18H2,1-6H3,(H,29,31)/t22-/m1/s1. The quantitative estimate of drug-likeness (QED) is 0.338. The van der Waals surface area contributed by atoms with E-state index >= 15 is 0 Å². The largest absolute Gasteiger partial charge is 0.492 e. The van der Waals surface area contributed by atoms with Crippen LogP contribution in [0, 0.1) is 20.8 Å². The van der Waals surface area contributed by atoms with Crippen LogP contribution in [0.1, 0.15) is 42.1 Å². The van der Waals surface area contributed by atoms with Crippen molar-refractivity contribution in [2.45, 2.75) is 50.5 Å². The van der Waals surface area contributed by atoms with Crippen molar-refractivity contribution in [2.24, 2.45) is 0 Å². The lowest BCUT2D eigenvalue weighted by molar-refractivity contribution is -0.120. The van der Waals surface area contributed by atoms with Gasteiger partial charge < -0.3 is 10.1 Å². The summed E-state index contributed by atoms with van der Waals surface area (Å²) in [5.41, 5.74) is 4.72. The van der Waals surface area contributed by atoms with Crippen LogP contribution in [-0.4, -0.2) is 33.7 Å². The molecule has 1 atom stereocenters. The first-order valence-corrected chi connectivity index (χ1v) is 14.5. The normalized spacial score (nSPS) is 12.2. The lowest BCUT2D eigenvalue weighted by Gasteiger charge is -2.27. The number of thioether (sulfide) groups is 1. The van der Waals surface area contributed by atoms with Crippen molar-refractivity contribution < 1.29 is 17.9 Å². The molecule has 0 aliphatic carbocycles. The molecule has 8 heteroatoms. The summed E-state index contributed by atoms with van der Waals surface area (Å²) >= 11 is 1.53. The third kappa shape index (κ3) is 6.23. The van der Waals surface area contributed by atoms with E-state index in [0.29, 0.717) is 18.0 Å². The van der Waals surface area contributed by atoms with E-state index in [9.17, 15) is 13.2 Å². The van der Waals surface area contributed by atoms with Crippen LogP contribution in [-0.2, 0) is 14.8 Å². The molecular weight excluding hydrogens is 492 g/mol. The van der Waals surface area contributed by atoms with Gasteiger partial charge in [-0.3, -0.25) is 9.10 Å². The van der Waals surface area contributed by atoms with E-state index in [0.717, 1.165) is 25.9 Å². The van der Waals surface area contributed by atoms with Crippen LogP contribution in [0.3, 0.4) is 0 Å². The molecule has 36 heavy (non-hydrogen) atoms. The molecule has 0 spiro atoms. The molecule has 0 bridgehead atoms. The highest BCUT2D eigenvalue weighted by molar-refractivity contribution is 7.98. The van der Waals surface area contributed by atoms with E-state index in [2.05, 4.69) is 24.4 Å². The van der Waals surface area contributed by atoms with Crippen molar-refractivity contribution in [3.05, 3.63) is 82.9 Å². The van der Waals surface area contributed by atoms with Crippen LogP contribution in [0.2, 0.25) is 0 Å². The predicted octanol–water partition coefficient (Wildman–Crippen LogP) is 5.81. The van der Waals surface area contributed by atoms with Gasteiger partial charge in [-0.2, -0.15) is 0 Å². The molecule has 3 aromatic carbocycles. The van der Waals surface area contributed by atoms with Gasteiger partial charge in [-0.1, -0.05) is 24.3 Å². The third-order valence-corrected chi connectivity index (χ3v) is 8.61. The van der Waals surface area contributed by atoms with Gasteiger partial charge in [0.15, 0.2) is 0 Å². The van der Waals surface area contributed by atoms with Crippen LogP contribution in [0.25, 0.3) is 0 Å². The number of nitrogens with zero attached hydrogens (tertiary/aromatic N) is 1. The molecule has 0 aliphatic heterocycles. The van der Waals surface area contributed by atoms with Crippen molar-refractivity contribution in [1.29, 1.82) is 0 Å². The van der Waals surface area contributed by atoms with E-state index in [1.165, 1.54) is 17.3 Å². The molecule has 0 fully saturated rings. The van der Waals surface area contributed by atoms with Crippen molar-refractivity contribution >= 4 is 33.4 Å². The Morgan fingerprint density at radius 1 is 1.00 bits per heavy atom. The second-order valence-corrected chi connectivity index (χ2v) is 11.4. The molecule has 1 amide bonds. The molecule has 3 aromatic rings. The van der Waals surface area contributed by atoms with E-state index in [1.54, 1.807) is 48.5 Å². The summed E-state index contributed by atoms with van der Waals surface area (Å²) in [7, 11) is -4.05. The highest BCUT2D eigenvalue weighted by Gasteiger charge is 2.30. The van der Waals surface area contributed by atoms with Gasteiger partial charge in [-0.15, -0.1) is 11.8 Å². The Morgan fingerprint density at radius 3 is 2.28 bits per heavy atom. The number of para-hydroxylation sites is 2. The van der Waals surface area contributed by atoms with Gasteiger partial charge in [-0.05, 0) is 99.5 Å². The summed E-state index contributed by atoms with van der Waals surface area (Å²) in [6.45, 7) is 9.82. The molecular formula is C28H34N2O4S2. The van der Waals surface area contributed by atoms with E-state index in [4.69, 9.17) is 4.74 Å². The van der Waals surface area contributed by atoms with Crippen molar-refractivity contribution in [3.63, 3.8) is 0 Å². The minimum atomic E-state index is -4.05. The zero-order chi connectivity index (χ0) is 26.5. The van der Waals surface area contributed by atoms with E-state index < -0.39 is 15.9 Å². The number of sulfonamides is 1. The number of hydrogen-bond donors (Lipinski definition) is 1. The Bertz CT molecular complexity index is 1320. The number of amides is 1. The topological polar surface area (TPSA) is 75.7 Å². The van der Waals surface area contributed by atoms with Gasteiger partial charge >= 0.3 is 0 Å². The van der Waals surface area contributed by atoms with Gasteiger partial charge in [-0.25, -0.2) is 8.42 Å². The summed E-state index contributed by atoms with van der Waals surface area (Å²) in [5, 5.41) is 2.99. The first-order valence-electron chi connectivity index (χ1n) is 11.8. The second-order valence-electron chi connectivity index (χ2n) is 8.67. The molecule has 6 nitrogen and oxygen atoms in total. The maximum atomic E-state index is 13.8. The third-order valence-electron chi connectivity index (χ3n) is 6.09. The minimum Gasteiger partial charge on any atom is -0.492 e. The van der Waals surface area contributed by atoms with Gasteiger partial charge in [0.05, 0.1) is 23.2 Å². The number of ether oxygens (including phenoxy) is 1. The fourth-order valence-corrected chi connectivity index (χ4v) is 5.90. The number of aryl methyl sites for hydroxylation is 3. The lowest BCUT2D eigenvalue weighted by Crippen LogP contribution is -2.41. The molecule has 0 unspecified atom stereocenters. The second kappa shape index (κ2) is 11.8. The molecule has 3 rings (SSSR count). The number of anilines is 1. The highest BCUT2D eigenvalue weighted by atomic mass is 32.2. The maximum Gasteiger partial charge on any atom is 0.264 e. The summed E-state index contributed by atoms with van der Waals surface area (Å²) in [4.78, 5) is 14.3. The van der Waals surface area contributed by atoms with E-state index in [-0.39, 0.29) is 17.5 Å². The average Bonchev–Trinajstić information content (AvgIpc) is 2.85. The highest BCUT2D eigenvalue weighted by Crippen LogP contribution is 2.33. The summed E-state index contributed by atoms with van der Waals surface area (Å²) < 4.78 is 34.4. The van der Waals surface area contributed by atoms with Crippen LogP contribution in [0.4, 0.5) is 5.69 Å². The van der Waals surface area contributed by atoms with Crippen molar-refractivity contribution in [2.75, 3.05) is 23.7 Å². The number of carbonyl (C=O) groups excluding carboxylic acids is 1. The Hall–Kier alpha value is -2.97. The molecule has 0 aliphatic rings. The first kappa shape index (κ1) is 27.6. The summed E-state index contributed by atoms with van der Waals surface area (Å²) in [6, 6.07) is 17.4. The van der Waals surface area contributed by atoms with Gasteiger partial charge in [0.2, 0.25) is 5.91 Å². The predicted molar refractivity (Wildman–Crippen MR) is 148 cm³/mol. The van der Waals surface area contributed by atoms with Crippen LogP contribution >= 0.6 is 11.8 Å². The molecule has 0 saturated carbocycles. The molecule has 0 aromatic heterocycles. The monoisotopic (exact) mass is 526 g/mol. The smallest absolute Gasteiger partial charge is 0.264 e. The van der Waals surface area contributed by atoms with Crippen LogP contribution < -0.4 is 14.4 Å². The molecule has 0 radical (unpaired) electrons. The summed E-state index contributed by atoms with van der Waals surface area (Å²) in [5.74, 6) is -0.00843. The zero-order valence-corrected chi connectivity index (χ0v) is 23.3. The van der Waals surface area contributed by atoms with Gasteiger partial charge in [0, 0.05) is 4.90 Å². The Labute approximate surface area is 219 Å². The fraction of sp³-hybridized carbons (Fsp3) is 0.321. The van der Waals surface area contributed by atoms with Crippen molar-refractivity contribution in [1.82, 2.24) is 5.32 Å². The molecule has 1 N–H and O–H groups in total. The number of rotatable bonds is 10. The lowest BCUT2D eigenvalue weighted by atomic mass is 9.96. The number of carbonyl (C=O) groups is 1. The van der Waals surface area contributed by atoms with Crippen LogP contribution in [0.5, 0.6) is 5.75 Å². The fourth-order valence-electron chi connectivity index (χ4n) is 4.06.